The highest BCUT2D eigenvalue weighted by atomic mass is 32.1. The summed E-state index contributed by atoms with van der Waals surface area (Å²) < 4.78 is 7.45. The van der Waals surface area contributed by atoms with Gasteiger partial charge in [-0.3, -0.25) is 14.1 Å². The first kappa shape index (κ1) is 18.4. The van der Waals surface area contributed by atoms with Gasteiger partial charge >= 0.3 is 0 Å². The number of hydrogen-bond donors (Lipinski definition) is 1. The van der Waals surface area contributed by atoms with Crippen molar-refractivity contribution in [3.63, 3.8) is 0 Å². The SMILES string of the molecule is CCC(CC)[C@H](CNC(=O)Cc1cn2ccsc2n1)N1CCOCC1. The van der Waals surface area contributed by atoms with Crippen LogP contribution in [0.25, 0.3) is 4.96 Å². The lowest BCUT2D eigenvalue weighted by atomic mass is 9.92. The molecule has 1 fully saturated rings. The number of fused-ring (bicyclic) bond motifs is 1. The van der Waals surface area contributed by atoms with Crippen molar-refractivity contribution in [3.8, 4) is 0 Å². The van der Waals surface area contributed by atoms with E-state index in [1.165, 1.54) is 0 Å². The summed E-state index contributed by atoms with van der Waals surface area (Å²) in [4.78, 5) is 20.3. The number of hydrogen-bond acceptors (Lipinski definition) is 5. The standard InChI is InChI=1S/C18H28N4O2S/c1-3-14(4-2)16(21-5-8-24-9-6-21)12-19-17(23)11-15-13-22-7-10-25-18(22)20-15/h7,10,13-14,16H,3-6,8-9,11-12H2,1-2H3,(H,19,23)/t16-/m0/s1. The third-order valence-electron chi connectivity index (χ3n) is 5.10. The van der Waals surface area contributed by atoms with Gasteiger partial charge in [0.2, 0.25) is 5.91 Å². The smallest absolute Gasteiger partial charge is 0.226 e. The Kier molecular flexibility index (Phi) is 6.45. The van der Waals surface area contributed by atoms with Gasteiger partial charge in [0.15, 0.2) is 4.96 Å². The van der Waals surface area contributed by atoms with Gasteiger partial charge in [-0.1, -0.05) is 26.7 Å². The summed E-state index contributed by atoms with van der Waals surface area (Å²) in [6.07, 6.45) is 6.51. The van der Waals surface area contributed by atoms with Crippen LogP contribution in [0.4, 0.5) is 0 Å². The van der Waals surface area contributed by atoms with Gasteiger partial charge in [0, 0.05) is 43.4 Å². The third-order valence-corrected chi connectivity index (χ3v) is 5.87. The molecule has 0 bridgehead atoms. The first-order valence-electron chi connectivity index (χ1n) is 9.20. The van der Waals surface area contributed by atoms with Crippen molar-refractivity contribution in [1.82, 2.24) is 19.6 Å². The average molecular weight is 365 g/mol. The van der Waals surface area contributed by atoms with Gasteiger partial charge < -0.3 is 10.1 Å². The Labute approximate surface area is 153 Å². The zero-order chi connectivity index (χ0) is 17.6. The fraction of sp³-hybridized carbons (Fsp3) is 0.667. The Hall–Kier alpha value is -1.44. The normalized spacial score (nSPS) is 17.2. The Balaban J connectivity index is 1.57. The average Bonchev–Trinajstić information content (AvgIpc) is 3.21. The number of imidazole rings is 1. The van der Waals surface area contributed by atoms with Crippen molar-refractivity contribution >= 4 is 22.2 Å². The van der Waals surface area contributed by atoms with Crippen molar-refractivity contribution in [2.45, 2.75) is 39.2 Å². The first-order chi connectivity index (χ1) is 12.2. The van der Waals surface area contributed by atoms with Crippen LogP contribution < -0.4 is 5.32 Å². The van der Waals surface area contributed by atoms with Crippen LogP contribution >= 0.6 is 11.3 Å². The minimum absolute atomic E-state index is 0.0509. The summed E-state index contributed by atoms with van der Waals surface area (Å²) in [5.74, 6) is 0.645. The molecule has 2 aromatic heterocycles. The second-order valence-electron chi connectivity index (χ2n) is 6.60. The van der Waals surface area contributed by atoms with Crippen molar-refractivity contribution in [2.75, 3.05) is 32.8 Å². The Morgan fingerprint density at radius 2 is 2.12 bits per heavy atom. The molecule has 3 heterocycles. The first-order valence-corrected chi connectivity index (χ1v) is 10.1. The molecule has 6 nitrogen and oxygen atoms in total. The maximum Gasteiger partial charge on any atom is 0.226 e. The fourth-order valence-corrected chi connectivity index (χ4v) is 4.36. The summed E-state index contributed by atoms with van der Waals surface area (Å²) in [6, 6.07) is 0.383. The molecule has 1 atom stereocenters. The summed E-state index contributed by atoms with van der Waals surface area (Å²) in [7, 11) is 0. The van der Waals surface area contributed by atoms with Gasteiger partial charge in [-0.25, -0.2) is 4.98 Å². The number of nitrogens with one attached hydrogen (secondary N) is 1. The third kappa shape index (κ3) is 4.59. The summed E-state index contributed by atoms with van der Waals surface area (Å²) >= 11 is 1.58. The van der Waals surface area contributed by atoms with Gasteiger partial charge in [-0.2, -0.15) is 0 Å². The van der Waals surface area contributed by atoms with Crippen molar-refractivity contribution in [3.05, 3.63) is 23.5 Å². The van der Waals surface area contributed by atoms with Crippen LogP contribution in [0.5, 0.6) is 0 Å². The number of amides is 1. The minimum atomic E-state index is 0.0509. The number of carbonyl (C=O) groups excluding carboxylic acids is 1. The summed E-state index contributed by atoms with van der Waals surface area (Å²) in [5.41, 5.74) is 0.829. The minimum Gasteiger partial charge on any atom is -0.379 e. The molecule has 25 heavy (non-hydrogen) atoms. The highest BCUT2D eigenvalue weighted by Crippen LogP contribution is 2.19. The summed E-state index contributed by atoms with van der Waals surface area (Å²) in [5, 5.41) is 5.14. The highest BCUT2D eigenvalue weighted by Gasteiger charge is 2.27. The maximum absolute atomic E-state index is 12.4. The van der Waals surface area contributed by atoms with Crippen LogP contribution in [0.1, 0.15) is 32.4 Å². The second-order valence-corrected chi connectivity index (χ2v) is 7.47. The molecule has 0 aliphatic carbocycles. The number of rotatable bonds is 8. The molecule has 1 amide bonds. The Bertz CT molecular complexity index is 645. The van der Waals surface area contributed by atoms with Gasteiger partial charge in [0.25, 0.3) is 0 Å². The largest absolute Gasteiger partial charge is 0.379 e. The van der Waals surface area contributed by atoms with E-state index in [4.69, 9.17) is 4.74 Å². The molecule has 2 aromatic rings. The number of morpholine rings is 1. The molecule has 0 spiro atoms. The lowest BCUT2D eigenvalue weighted by Gasteiger charge is -2.38. The van der Waals surface area contributed by atoms with E-state index in [0.29, 0.717) is 24.9 Å². The van der Waals surface area contributed by atoms with Crippen LogP contribution in [0, 0.1) is 5.92 Å². The molecule has 1 aliphatic heterocycles. The summed E-state index contributed by atoms with van der Waals surface area (Å²) in [6.45, 7) is 8.66. The van der Waals surface area contributed by atoms with E-state index < -0.39 is 0 Å². The number of nitrogens with zero attached hydrogens (tertiary/aromatic N) is 3. The van der Waals surface area contributed by atoms with Crippen LogP contribution in [-0.2, 0) is 16.0 Å². The van der Waals surface area contributed by atoms with E-state index in [2.05, 4.69) is 29.0 Å². The van der Waals surface area contributed by atoms with E-state index >= 15 is 0 Å². The molecule has 1 aliphatic rings. The van der Waals surface area contributed by atoms with Crippen LogP contribution in [0.15, 0.2) is 17.8 Å². The van der Waals surface area contributed by atoms with E-state index in [9.17, 15) is 4.79 Å². The van der Waals surface area contributed by atoms with Crippen LogP contribution in [0.2, 0.25) is 0 Å². The molecule has 1 saturated heterocycles. The molecule has 0 aromatic carbocycles. The topological polar surface area (TPSA) is 58.9 Å². The highest BCUT2D eigenvalue weighted by molar-refractivity contribution is 7.15. The van der Waals surface area contributed by atoms with Crippen molar-refractivity contribution in [2.24, 2.45) is 5.92 Å². The van der Waals surface area contributed by atoms with Gasteiger partial charge in [0.1, 0.15) is 0 Å². The monoisotopic (exact) mass is 364 g/mol. The quantitative estimate of drug-likeness (QED) is 0.780. The van der Waals surface area contributed by atoms with Crippen molar-refractivity contribution < 1.29 is 9.53 Å². The molecule has 0 unspecified atom stereocenters. The maximum atomic E-state index is 12.4. The molecule has 0 saturated carbocycles. The van der Waals surface area contributed by atoms with E-state index in [-0.39, 0.29) is 5.91 Å². The zero-order valence-electron chi connectivity index (χ0n) is 15.1. The molecule has 3 rings (SSSR count). The van der Waals surface area contributed by atoms with Crippen molar-refractivity contribution in [1.29, 1.82) is 0 Å². The zero-order valence-corrected chi connectivity index (χ0v) is 15.9. The second kappa shape index (κ2) is 8.78. The fourth-order valence-electron chi connectivity index (χ4n) is 3.64. The van der Waals surface area contributed by atoms with E-state index in [0.717, 1.165) is 49.8 Å². The van der Waals surface area contributed by atoms with E-state index in [1.807, 2.05) is 22.2 Å². The van der Waals surface area contributed by atoms with Gasteiger partial charge in [-0.15, -0.1) is 11.3 Å². The lowest BCUT2D eigenvalue weighted by molar-refractivity contribution is -0.121. The molecule has 1 N–H and O–H groups in total. The lowest BCUT2D eigenvalue weighted by Crippen LogP contribution is -2.52. The van der Waals surface area contributed by atoms with Crippen LogP contribution in [0.3, 0.4) is 0 Å². The number of carbonyl (C=O) groups is 1. The predicted octanol–water partition coefficient (Wildman–Crippen LogP) is 2.19. The molecule has 0 radical (unpaired) electrons. The number of thiazole rings is 1. The molecular weight excluding hydrogens is 336 g/mol. The number of aromatic nitrogens is 2. The molecule has 7 heteroatoms. The number of ether oxygens (including phenoxy) is 1. The predicted molar refractivity (Wildman–Crippen MR) is 100 cm³/mol. The van der Waals surface area contributed by atoms with Gasteiger partial charge in [-0.05, 0) is 5.92 Å². The molecule has 138 valence electrons. The van der Waals surface area contributed by atoms with Crippen LogP contribution in [-0.4, -0.2) is 59.1 Å². The molecular formula is C18H28N4O2S. The van der Waals surface area contributed by atoms with Gasteiger partial charge in [0.05, 0.1) is 25.3 Å². The Morgan fingerprint density at radius 3 is 2.80 bits per heavy atom. The van der Waals surface area contributed by atoms with E-state index in [1.54, 1.807) is 11.3 Å². The Morgan fingerprint density at radius 1 is 1.36 bits per heavy atom.